The van der Waals surface area contributed by atoms with E-state index in [9.17, 15) is 18.3 Å². The summed E-state index contributed by atoms with van der Waals surface area (Å²) < 4.78 is 37.4. The Morgan fingerprint density at radius 3 is 2.65 bits per heavy atom. The van der Waals surface area contributed by atoms with Crippen LogP contribution in [0.1, 0.15) is 48.5 Å². The number of aryl methyl sites for hydroxylation is 2. The minimum Gasteiger partial charge on any atom is -0.497 e. The first-order chi connectivity index (χ1) is 17.6. The Balaban J connectivity index is 1.60. The summed E-state index contributed by atoms with van der Waals surface area (Å²) in [4.78, 5) is 18.8. The molecule has 4 heterocycles. The number of aromatic nitrogens is 2. The molecule has 1 spiro atoms. The molecule has 2 amide bonds. The molecule has 0 unspecified atom stereocenters. The van der Waals surface area contributed by atoms with Gasteiger partial charge in [0.05, 0.1) is 25.5 Å². The van der Waals surface area contributed by atoms with Gasteiger partial charge in [0.2, 0.25) is 10.0 Å². The summed E-state index contributed by atoms with van der Waals surface area (Å²) >= 11 is 0. The Kier molecular flexibility index (Phi) is 6.45. The van der Waals surface area contributed by atoms with Crippen molar-refractivity contribution >= 4 is 32.6 Å². The first kappa shape index (κ1) is 25.6. The molecule has 37 heavy (non-hydrogen) atoms. The van der Waals surface area contributed by atoms with E-state index >= 15 is 0 Å². The van der Waals surface area contributed by atoms with Crippen LogP contribution in [-0.2, 0) is 15.4 Å². The number of urea groups is 1. The third-order valence-electron chi connectivity index (χ3n) is 7.88. The van der Waals surface area contributed by atoms with Gasteiger partial charge in [-0.05, 0) is 51.3 Å². The van der Waals surface area contributed by atoms with Gasteiger partial charge >= 0.3 is 6.03 Å². The first-order valence-electron chi connectivity index (χ1n) is 12.4. The van der Waals surface area contributed by atoms with E-state index in [1.807, 2.05) is 18.2 Å². The lowest BCUT2D eigenvalue weighted by Gasteiger charge is -2.49. The predicted molar refractivity (Wildman–Crippen MR) is 138 cm³/mol. The number of piperidine rings is 1. The number of aliphatic hydroxyl groups is 1. The molecule has 1 saturated heterocycles. The molecule has 1 fully saturated rings. The van der Waals surface area contributed by atoms with Crippen molar-refractivity contribution in [1.82, 2.24) is 19.3 Å². The van der Waals surface area contributed by atoms with Gasteiger partial charge in [0, 0.05) is 47.7 Å². The van der Waals surface area contributed by atoms with Gasteiger partial charge in [0.15, 0.2) is 5.76 Å². The summed E-state index contributed by atoms with van der Waals surface area (Å²) in [6.45, 7) is 5.91. The van der Waals surface area contributed by atoms with Crippen LogP contribution in [-0.4, -0.2) is 78.0 Å². The number of amides is 2. The number of methoxy groups -OCH3 is 1. The van der Waals surface area contributed by atoms with Crippen molar-refractivity contribution in [3.8, 4) is 5.75 Å². The largest absolute Gasteiger partial charge is 0.497 e. The number of sulfonamides is 1. The number of aromatic amines is 1. The molecular weight excluding hydrogens is 498 g/mol. The maximum absolute atomic E-state index is 13.7. The molecule has 0 radical (unpaired) electrons. The number of carbonyl (C=O) groups excluding carboxylic acids is 1. The summed E-state index contributed by atoms with van der Waals surface area (Å²) in [6, 6.07) is 4.80. The summed E-state index contributed by atoms with van der Waals surface area (Å²) in [5, 5.41) is 18.3. The van der Waals surface area contributed by atoms with Crippen LogP contribution in [0.15, 0.2) is 22.7 Å². The average molecular weight is 532 g/mol. The highest BCUT2D eigenvalue weighted by Gasteiger charge is 2.49. The normalized spacial score (nSPS) is 19.8. The zero-order chi connectivity index (χ0) is 26.5. The fraction of sp³-hybridized carbons (Fsp3) is 0.520. The van der Waals surface area contributed by atoms with Crippen LogP contribution in [0.2, 0.25) is 0 Å². The highest BCUT2D eigenvalue weighted by atomic mass is 32.2. The van der Waals surface area contributed by atoms with Crippen LogP contribution in [0.4, 0.5) is 10.5 Å². The van der Waals surface area contributed by atoms with Gasteiger partial charge in [-0.25, -0.2) is 17.5 Å². The van der Waals surface area contributed by atoms with Crippen molar-refractivity contribution < 1.29 is 27.6 Å². The van der Waals surface area contributed by atoms with E-state index < -0.39 is 21.5 Å². The van der Waals surface area contributed by atoms with Crippen molar-refractivity contribution in [2.75, 3.05) is 44.4 Å². The molecule has 3 aromatic rings. The van der Waals surface area contributed by atoms with Gasteiger partial charge in [-0.3, -0.25) is 0 Å². The van der Waals surface area contributed by atoms with E-state index in [4.69, 9.17) is 9.26 Å². The molecule has 200 valence electrons. The molecule has 12 heteroatoms. The van der Waals surface area contributed by atoms with Crippen molar-refractivity contribution in [3.05, 3.63) is 40.9 Å². The van der Waals surface area contributed by atoms with E-state index in [1.165, 1.54) is 0 Å². The number of hydrogen-bond donors (Lipinski definition) is 3. The zero-order valence-corrected chi connectivity index (χ0v) is 22.3. The second-order valence-electron chi connectivity index (χ2n) is 9.86. The van der Waals surface area contributed by atoms with Crippen LogP contribution < -0.4 is 10.1 Å². The summed E-state index contributed by atoms with van der Waals surface area (Å²) in [6.07, 6.45) is 1.09. The highest BCUT2D eigenvalue weighted by Crippen LogP contribution is 2.49. The van der Waals surface area contributed by atoms with Crippen molar-refractivity contribution in [2.24, 2.45) is 0 Å². The zero-order valence-electron chi connectivity index (χ0n) is 21.5. The van der Waals surface area contributed by atoms with E-state index in [-0.39, 0.29) is 18.4 Å². The average Bonchev–Trinajstić information content (AvgIpc) is 3.44. The maximum Gasteiger partial charge on any atom is 0.322 e. The number of aliphatic hydroxyl groups excluding tert-OH is 1. The highest BCUT2D eigenvalue weighted by molar-refractivity contribution is 7.89. The molecule has 2 aliphatic rings. The van der Waals surface area contributed by atoms with Gasteiger partial charge in [-0.15, -0.1) is 0 Å². The number of nitrogens with one attached hydrogen (secondary N) is 2. The van der Waals surface area contributed by atoms with Gasteiger partial charge in [0.25, 0.3) is 0 Å². The van der Waals surface area contributed by atoms with Gasteiger partial charge < -0.3 is 29.6 Å². The Bertz CT molecular complexity index is 1420. The van der Waals surface area contributed by atoms with Gasteiger partial charge in [0.1, 0.15) is 17.1 Å². The van der Waals surface area contributed by atoms with E-state index in [1.54, 1.807) is 37.1 Å². The van der Waals surface area contributed by atoms with E-state index in [0.717, 1.165) is 22.2 Å². The maximum atomic E-state index is 13.7. The number of nitrogens with zero attached hydrogens (tertiary/aromatic N) is 3. The Hall–Kier alpha value is -3.09. The Morgan fingerprint density at radius 2 is 2.05 bits per heavy atom. The number of carbonyl (C=O) groups is 1. The van der Waals surface area contributed by atoms with Crippen LogP contribution in [0.3, 0.4) is 0 Å². The van der Waals surface area contributed by atoms with Gasteiger partial charge in [-0.1, -0.05) is 5.16 Å². The number of fused-ring (bicyclic) bond motifs is 4. The summed E-state index contributed by atoms with van der Waals surface area (Å²) in [7, 11) is -1.72. The lowest BCUT2D eigenvalue weighted by atomic mass is 9.68. The predicted octanol–water partition coefficient (Wildman–Crippen LogP) is 3.05. The van der Waals surface area contributed by atoms with E-state index in [0.29, 0.717) is 55.4 Å². The monoisotopic (exact) mass is 531 g/mol. The standard InChI is InChI=1S/C25H33N5O6S/c1-5-37(33,34)29-10-8-25(9-11-29)14-30(24(32)27-22-15(2)28-36-16(22)3)20(13-31)23-21(25)18-7-6-17(35-4)12-19(18)26-23/h6-7,12,20,26,31H,5,8-11,13-14H2,1-4H3,(H,27,32)/t20-/m0/s1. The minimum absolute atomic E-state index is 0.0523. The molecule has 1 atom stereocenters. The second kappa shape index (κ2) is 9.34. The number of rotatable bonds is 5. The summed E-state index contributed by atoms with van der Waals surface area (Å²) in [5.41, 5.74) is 3.22. The number of benzene rings is 1. The lowest BCUT2D eigenvalue weighted by Crippen LogP contribution is -2.56. The molecule has 5 rings (SSSR count). The van der Waals surface area contributed by atoms with Gasteiger partial charge in [-0.2, -0.15) is 0 Å². The number of H-pyrrole nitrogens is 1. The smallest absolute Gasteiger partial charge is 0.322 e. The van der Waals surface area contributed by atoms with Crippen molar-refractivity contribution in [2.45, 2.75) is 45.1 Å². The fourth-order valence-corrected chi connectivity index (χ4v) is 6.95. The third-order valence-corrected chi connectivity index (χ3v) is 9.77. The quantitative estimate of drug-likeness (QED) is 0.459. The topological polar surface area (TPSA) is 141 Å². The van der Waals surface area contributed by atoms with Crippen LogP contribution in [0.25, 0.3) is 10.9 Å². The molecule has 3 N–H and O–H groups in total. The van der Waals surface area contributed by atoms with Crippen LogP contribution >= 0.6 is 0 Å². The molecular formula is C25H33N5O6S. The Morgan fingerprint density at radius 1 is 1.32 bits per heavy atom. The Labute approximate surface area is 215 Å². The minimum atomic E-state index is -3.32. The molecule has 1 aromatic carbocycles. The SMILES string of the molecule is CCS(=O)(=O)N1CCC2(CC1)CN(C(=O)Nc1c(C)noc1C)[C@@H](CO)c1[nH]c3cc(OC)ccc3c12. The molecule has 11 nitrogen and oxygen atoms in total. The van der Waals surface area contributed by atoms with Crippen molar-refractivity contribution in [3.63, 3.8) is 0 Å². The van der Waals surface area contributed by atoms with E-state index in [2.05, 4.69) is 15.5 Å². The lowest BCUT2D eigenvalue weighted by molar-refractivity contribution is 0.0860. The molecule has 0 aliphatic carbocycles. The molecule has 2 aliphatic heterocycles. The second-order valence-corrected chi connectivity index (χ2v) is 12.1. The molecule has 2 aromatic heterocycles. The first-order valence-corrected chi connectivity index (χ1v) is 14.0. The number of anilines is 1. The molecule has 0 bridgehead atoms. The fourth-order valence-electron chi connectivity index (χ4n) is 5.84. The third kappa shape index (κ3) is 4.16. The van der Waals surface area contributed by atoms with Crippen molar-refractivity contribution in [1.29, 1.82) is 0 Å². The summed E-state index contributed by atoms with van der Waals surface area (Å²) in [5.74, 6) is 1.24. The van der Waals surface area contributed by atoms with Crippen LogP contribution in [0.5, 0.6) is 5.75 Å². The van der Waals surface area contributed by atoms with Crippen LogP contribution in [0, 0.1) is 13.8 Å². The number of hydrogen-bond acceptors (Lipinski definition) is 7. The molecule has 0 saturated carbocycles. The number of ether oxygens (including phenoxy) is 1.